The molecule has 3 aromatic carbocycles. The number of fused-ring (bicyclic) bond motifs is 2. The van der Waals surface area contributed by atoms with Gasteiger partial charge in [-0.25, -0.2) is 0 Å². The Labute approximate surface area is 195 Å². The van der Waals surface area contributed by atoms with Crippen LogP contribution in [-0.2, 0) is 30.8 Å². The van der Waals surface area contributed by atoms with Crippen molar-refractivity contribution in [2.75, 3.05) is 6.54 Å². The Hall–Kier alpha value is -3.64. The number of nitrogens with zero attached hydrogens (tertiary/aromatic N) is 3. The van der Waals surface area contributed by atoms with Gasteiger partial charge in [-0.15, -0.1) is 0 Å². The molecule has 0 bridgehead atoms. The molecular weight excluding hydrogens is 438 g/mol. The van der Waals surface area contributed by atoms with Crippen molar-refractivity contribution < 1.29 is 4.79 Å². The summed E-state index contributed by atoms with van der Waals surface area (Å²) in [5.74, 6) is -0.174. The maximum Gasteiger partial charge on any atom is 0.317 e. The molecule has 5 rings (SSSR count). The number of carbonyl (C=O) groups is 1. The van der Waals surface area contributed by atoms with Gasteiger partial charge in [-0.05, 0) is 47.4 Å². The molecule has 166 valence electrons. The Morgan fingerprint density at radius 1 is 0.788 bits per heavy atom. The molecule has 0 unspecified atom stereocenters. The standard InChI is InChI=1S/C26H22ClN3O3/c27-21-11-9-18(10-12-21)15-29-22-7-3-4-8-23(22)30(26(33)25(29)32)17-24(31)28-14-13-19-5-1-2-6-20(19)16-28/h1-12H,13-17H2. The lowest BCUT2D eigenvalue weighted by Gasteiger charge is -2.29. The van der Waals surface area contributed by atoms with Crippen molar-refractivity contribution in [3.8, 4) is 0 Å². The molecule has 0 radical (unpaired) electrons. The number of hydrogen-bond donors (Lipinski definition) is 0. The fourth-order valence-electron chi connectivity index (χ4n) is 4.40. The Morgan fingerprint density at radius 3 is 2.12 bits per heavy atom. The largest absolute Gasteiger partial charge is 0.336 e. The van der Waals surface area contributed by atoms with Gasteiger partial charge in [0.05, 0.1) is 17.6 Å². The van der Waals surface area contributed by atoms with Crippen LogP contribution in [0.3, 0.4) is 0 Å². The van der Waals surface area contributed by atoms with Gasteiger partial charge in [0.25, 0.3) is 0 Å². The van der Waals surface area contributed by atoms with E-state index in [9.17, 15) is 14.4 Å². The summed E-state index contributed by atoms with van der Waals surface area (Å²) >= 11 is 5.97. The van der Waals surface area contributed by atoms with Crippen LogP contribution in [0.15, 0.2) is 82.4 Å². The molecule has 1 amide bonds. The lowest BCUT2D eigenvalue weighted by Crippen LogP contribution is -2.45. The zero-order valence-electron chi connectivity index (χ0n) is 17.9. The smallest absolute Gasteiger partial charge is 0.317 e. The summed E-state index contributed by atoms with van der Waals surface area (Å²) in [5.41, 5.74) is 3.03. The number of rotatable bonds is 4. The maximum absolute atomic E-state index is 13.1. The molecule has 6 nitrogen and oxygen atoms in total. The van der Waals surface area contributed by atoms with Crippen molar-refractivity contribution in [1.29, 1.82) is 0 Å². The minimum absolute atomic E-state index is 0.168. The third-order valence-corrected chi connectivity index (χ3v) is 6.42. The molecule has 1 aromatic heterocycles. The van der Waals surface area contributed by atoms with Crippen LogP contribution in [0.5, 0.6) is 0 Å². The van der Waals surface area contributed by atoms with Gasteiger partial charge in [-0.3, -0.25) is 23.5 Å². The second-order valence-electron chi connectivity index (χ2n) is 8.23. The molecule has 0 saturated heterocycles. The van der Waals surface area contributed by atoms with Crippen LogP contribution >= 0.6 is 11.6 Å². The molecule has 0 aliphatic carbocycles. The van der Waals surface area contributed by atoms with E-state index in [0.717, 1.165) is 17.5 Å². The van der Waals surface area contributed by atoms with Crippen molar-refractivity contribution in [1.82, 2.24) is 14.0 Å². The van der Waals surface area contributed by atoms with Crippen molar-refractivity contribution in [3.63, 3.8) is 0 Å². The van der Waals surface area contributed by atoms with E-state index in [1.165, 1.54) is 14.7 Å². The first-order valence-corrected chi connectivity index (χ1v) is 11.2. The van der Waals surface area contributed by atoms with E-state index in [4.69, 9.17) is 11.6 Å². The van der Waals surface area contributed by atoms with Gasteiger partial charge < -0.3 is 4.90 Å². The number of benzene rings is 3. The lowest BCUT2D eigenvalue weighted by atomic mass is 10.00. The molecular formula is C26H22ClN3O3. The Bertz CT molecular complexity index is 1470. The summed E-state index contributed by atoms with van der Waals surface area (Å²) in [6.45, 7) is 1.17. The van der Waals surface area contributed by atoms with E-state index in [-0.39, 0.29) is 19.0 Å². The lowest BCUT2D eigenvalue weighted by molar-refractivity contribution is -0.132. The zero-order valence-corrected chi connectivity index (χ0v) is 18.7. The highest BCUT2D eigenvalue weighted by Gasteiger charge is 2.22. The fraction of sp³-hybridized carbons (Fsp3) is 0.192. The third-order valence-electron chi connectivity index (χ3n) is 6.17. The van der Waals surface area contributed by atoms with Gasteiger partial charge in [0.2, 0.25) is 5.91 Å². The summed E-state index contributed by atoms with van der Waals surface area (Å²) in [6, 6.07) is 22.4. The molecule has 7 heteroatoms. The zero-order chi connectivity index (χ0) is 22.9. The van der Waals surface area contributed by atoms with Crippen LogP contribution < -0.4 is 11.1 Å². The van der Waals surface area contributed by atoms with E-state index in [0.29, 0.717) is 29.1 Å². The summed E-state index contributed by atoms with van der Waals surface area (Å²) < 4.78 is 2.76. The van der Waals surface area contributed by atoms with E-state index in [1.807, 2.05) is 36.4 Å². The summed E-state index contributed by atoms with van der Waals surface area (Å²) in [4.78, 5) is 41.1. The van der Waals surface area contributed by atoms with E-state index in [1.54, 1.807) is 35.2 Å². The third kappa shape index (κ3) is 4.10. The second-order valence-corrected chi connectivity index (χ2v) is 8.67. The number of amides is 1. The van der Waals surface area contributed by atoms with Crippen LogP contribution in [0.1, 0.15) is 16.7 Å². The monoisotopic (exact) mass is 459 g/mol. The van der Waals surface area contributed by atoms with Gasteiger partial charge in [0.1, 0.15) is 6.54 Å². The minimum atomic E-state index is -0.701. The van der Waals surface area contributed by atoms with Crippen LogP contribution in [0, 0.1) is 0 Å². The summed E-state index contributed by atoms with van der Waals surface area (Å²) in [5, 5.41) is 0.602. The summed E-state index contributed by atoms with van der Waals surface area (Å²) in [6.07, 6.45) is 0.778. The highest BCUT2D eigenvalue weighted by Crippen LogP contribution is 2.19. The Balaban J connectivity index is 1.50. The highest BCUT2D eigenvalue weighted by atomic mass is 35.5. The quantitative estimate of drug-likeness (QED) is 0.439. The number of hydrogen-bond acceptors (Lipinski definition) is 3. The predicted octanol–water partition coefficient (Wildman–Crippen LogP) is 3.45. The fourth-order valence-corrected chi connectivity index (χ4v) is 4.53. The first-order valence-electron chi connectivity index (χ1n) is 10.8. The minimum Gasteiger partial charge on any atom is -0.336 e. The van der Waals surface area contributed by atoms with Gasteiger partial charge in [-0.2, -0.15) is 0 Å². The van der Waals surface area contributed by atoms with E-state index in [2.05, 4.69) is 6.07 Å². The van der Waals surface area contributed by atoms with E-state index < -0.39 is 11.1 Å². The molecule has 0 N–H and O–H groups in total. The van der Waals surface area contributed by atoms with Crippen molar-refractivity contribution >= 4 is 28.5 Å². The van der Waals surface area contributed by atoms with Gasteiger partial charge in [-0.1, -0.05) is 60.1 Å². The first kappa shape index (κ1) is 21.2. The van der Waals surface area contributed by atoms with E-state index >= 15 is 0 Å². The SMILES string of the molecule is O=C(Cn1c(=O)c(=O)n(Cc2ccc(Cl)cc2)c2ccccc21)N1CCc2ccccc2C1. The van der Waals surface area contributed by atoms with Crippen LogP contribution in [-0.4, -0.2) is 26.5 Å². The highest BCUT2D eigenvalue weighted by molar-refractivity contribution is 6.30. The second kappa shape index (κ2) is 8.71. The molecule has 1 aliphatic heterocycles. The number of para-hydroxylation sites is 2. The molecule has 0 saturated carbocycles. The van der Waals surface area contributed by atoms with Crippen LogP contribution in [0.4, 0.5) is 0 Å². The molecule has 1 aliphatic rings. The maximum atomic E-state index is 13.1. The van der Waals surface area contributed by atoms with Crippen molar-refractivity contribution in [2.24, 2.45) is 0 Å². The molecule has 2 heterocycles. The van der Waals surface area contributed by atoms with Gasteiger partial charge in [0, 0.05) is 18.1 Å². The summed E-state index contributed by atoms with van der Waals surface area (Å²) in [7, 11) is 0. The molecule has 0 spiro atoms. The molecule has 0 fully saturated rings. The van der Waals surface area contributed by atoms with Crippen molar-refractivity contribution in [2.45, 2.75) is 26.1 Å². The van der Waals surface area contributed by atoms with Crippen LogP contribution in [0.25, 0.3) is 11.0 Å². The topological polar surface area (TPSA) is 64.3 Å². The number of carbonyl (C=O) groups excluding carboxylic acids is 1. The van der Waals surface area contributed by atoms with Crippen molar-refractivity contribution in [3.05, 3.63) is 115 Å². The molecule has 4 aromatic rings. The van der Waals surface area contributed by atoms with Gasteiger partial charge >= 0.3 is 11.1 Å². The Kier molecular flexibility index (Phi) is 5.60. The number of halogens is 1. The Morgan fingerprint density at radius 2 is 1.39 bits per heavy atom. The average molecular weight is 460 g/mol. The van der Waals surface area contributed by atoms with Gasteiger partial charge in [0.15, 0.2) is 0 Å². The first-order chi connectivity index (χ1) is 16.0. The average Bonchev–Trinajstić information content (AvgIpc) is 2.85. The predicted molar refractivity (Wildman–Crippen MR) is 129 cm³/mol. The number of aromatic nitrogens is 2. The normalized spacial score (nSPS) is 13.2. The molecule has 0 atom stereocenters. The van der Waals surface area contributed by atoms with Crippen LogP contribution in [0.2, 0.25) is 5.02 Å². The molecule has 33 heavy (non-hydrogen) atoms.